The minimum absolute atomic E-state index is 0.0492. The molecule has 0 atom stereocenters. The predicted octanol–water partition coefficient (Wildman–Crippen LogP) is 2.85. The first kappa shape index (κ1) is 21.6. The smallest absolute Gasteiger partial charge is 0.246 e. The van der Waals surface area contributed by atoms with Gasteiger partial charge in [-0.2, -0.15) is 4.31 Å². The van der Waals surface area contributed by atoms with Crippen molar-refractivity contribution in [3.8, 4) is 5.75 Å². The number of carbonyl (C=O) groups excluding carboxylic acids is 1. The highest BCUT2D eigenvalue weighted by molar-refractivity contribution is 8.00. The zero-order valence-corrected chi connectivity index (χ0v) is 17.7. The molecule has 1 heterocycles. The highest BCUT2D eigenvalue weighted by Gasteiger charge is 2.31. The van der Waals surface area contributed by atoms with Crippen molar-refractivity contribution in [3.63, 3.8) is 0 Å². The molecular formula is C20H23FN2O4S2. The first-order valence-corrected chi connectivity index (χ1v) is 11.7. The lowest BCUT2D eigenvalue weighted by atomic mass is 10.3. The van der Waals surface area contributed by atoms with Gasteiger partial charge in [0.15, 0.2) is 0 Å². The summed E-state index contributed by atoms with van der Waals surface area (Å²) in [5.41, 5.74) is 0. The van der Waals surface area contributed by atoms with Crippen LogP contribution in [0.15, 0.2) is 58.3 Å². The lowest BCUT2D eigenvalue weighted by Crippen LogP contribution is -2.51. The van der Waals surface area contributed by atoms with E-state index in [0.717, 1.165) is 16.7 Å². The van der Waals surface area contributed by atoms with Gasteiger partial charge in [0.25, 0.3) is 0 Å². The molecule has 29 heavy (non-hydrogen) atoms. The Kier molecular flexibility index (Phi) is 7.15. The van der Waals surface area contributed by atoms with E-state index < -0.39 is 15.8 Å². The summed E-state index contributed by atoms with van der Waals surface area (Å²) >= 11 is 1.43. The molecule has 1 amide bonds. The summed E-state index contributed by atoms with van der Waals surface area (Å²) in [7, 11) is -3.90. The van der Waals surface area contributed by atoms with Gasteiger partial charge in [0.05, 0.1) is 12.4 Å². The number of nitrogens with zero attached hydrogens (tertiary/aromatic N) is 2. The van der Waals surface area contributed by atoms with Crippen LogP contribution in [-0.2, 0) is 14.8 Å². The quantitative estimate of drug-likeness (QED) is 0.622. The van der Waals surface area contributed by atoms with Crippen LogP contribution in [0.1, 0.15) is 6.92 Å². The number of ether oxygens (including phenoxy) is 1. The zero-order chi connectivity index (χ0) is 20.9. The van der Waals surface area contributed by atoms with E-state index >= 15 is 0 Å². The standard InChI is InChI=1S/C20H23FN2O4S2/c1-2-27-16-7-9-17(10-8-16)28-15-20(24)22-11-13-23(14-12-22)29(25,26)19-6-4-3-5-18(19)21/h3-10H,2,11-15H2,1H3. The number of piperazine rings is 1. The fraction of sp³-hybridized carbons (Fsp3) is 0.350. The topological polar surface area (TPSA) is 66.9 Å². The van der Waals surface area contributed by atoms with E-state index in [2.05, 4.69) is 0 Å². The van der Waals surface area contributed by atoms with Gasteiger partial charge >= 0.3 is 0 Å². The summed E-state index contributed by atoms with van der Waals surface area (Å²) in [6.45, 7) is 3.39. The molecule has 0 spiro atoms. The molecule has 6 nitrogen and oxygen atoms in total. The predicted molar refractivity (Wildman–Crippen MR) is 110 cm³/mol. The van der Waals surface area contributed by atoms with Crippen LogP contribution in [-0.4, -0.2) is 62.1 Å². The average Bonchev–Trinajstić information content (AvgIpc) is 2.73. The molecule has 1 aliphatic heterocycles. The number of hydrogen-bond donors (Lipinski definition) is 0. The minimum atomic E-state index is -3.90. The van der Waals surface area contributed by atoms with Gasteiger partial charge in [0.1, 0.15) is 16.5 Å². The van der Waals surface area contributed by atoms with Crippen LogP contribution in [0.2, 0.25) is 0 Å². The Balaban J connectivity index is 1.52. The van der Waals surface area contributed by atoms with E-state index in [1.54, 1.807) is 4.90 Å². The number of carbonyl (C=O) groups is 1. The fourth-order valence-corrected chi connectivity index (χ4v) is 5.29. The molecule has 0 aliphatic carbocycles. The molecule has 2 aromatic carbocycles. The molecule has 1 aliphatic rings. The largest absolute Gasteiger partial charge is 0.494 e. The molecule has 0 bridgehead atoms. The molecule has 0 N–H and O–H groups in total. The van der Waals surface area contributed by atoms with Gasteiger partial charge in [0, 0.05) is 31.1 Å². The van der Waals surface area contributed by atoms with Crippen molar-refractivity contribution in [2.45, 2.75) is 16.7 Å². The van der Waals surface area contributed by atoms with E-state index in [-0.39, 0.29) is 42.7 Å². The first-order valence-electron chi connectivity index (χ1n) is 9.30. The van der Waals surface area contributed by atoms with E-state index in [4.69, 9.17) is 4.74 Å². The monoisotopic (exact) mass is 438 g/mol. The molecule has 9 heteroatoms. The van der Waals surface area contributed by atoms with Gasteiger partial charge in [-0.25, -0.2) is 12.8 Å². The van der Waals surface area contributed by atoms with E-state index in [1.165, 1.54) is 34.3 Å². The Bertz CT molecular complexity index is 943. The van der Waals surface area contributed by atoms with Crippen LogP contribution in [0.25, 0.3) is 0 Å². The van der Waals surface area contributed by atoms with E-state index in [9.17, 15) is 17.6 Å². The van der Waals surface area contributed by atoms with Crippen molar-refractivity contribution in [2.24, 2.45) is 0 Å². The van der Waals surface area contributed by atoms with Crippen LogP contribution >= 0.6 is 11.8 Å². The second-order valence-electron chi connectivity index (χ2n) is 6.41. The first-order chi connectivity index (χ1) is 13.9. The summed E-state index contributed by atoms with van der Waals surface area (Å²) in [6.07, 6.45) is 0. The number of hydrogen-bond acceptors (Lipinski definition) is 5. The van der Waals surface area contributed by atoms with Gasteiger partial charge in [-0.1, -0.05) is 12.1 Å². The highest BCUT2D eigenvalue weighted by Crippen LogP contribution is 2.23. The zero-order valence-electron chi connectivity index (χ0n) is 16.1. The summed E-state index contributed by atoms with van der Waals surface area (Å²) in [5, 5.41) is 0. The summed E-state index contributed by atoms with van der Waals surface area (Å²) in [6, 6.07) is 12.9. The molecule has 1 fully saturated rings. The molecule has 1 saturated heterocycles. The molecule has 0 radical (unpaired) electrons. The van der Waals surface area contributed by atoms with E-state index in [0.29, 0.717) is 6.61 Å². The second kappa shape index (κ2) is 9.60. The van der Waals surface area contributed by atoms with Crippen LogP contribution in [0.5, 0.6) is 5.75 Å². The third-order valence-corrected chi connectivity index (χ3v) is 7.47. The lowest BCUT2D eigenvalue weighted by Gasteiger charge is -2.34. The maximum atomic E-state index is 13.9. The van der Waals surface area contributed by atoms with Gasteiger partial charge in [-0.05, 0) is 43.3 Å². The summed E-state index contributed by atoms with van der Waals surface area (Å²) < 4.78 is 45.8. The Hall–Kier alpha value is -2.10. The molecule has 0 aromatic heterocycles. The van der Waals surface area contributed by atoms with Crippen LogP contribution in [0.3, 0.4) is 0 Å². The average molecular weight is 439 g/mol. The maximum Gasteiger partial charge on any atom is 0.246 e. The Labute approximate surface area is 174 Å². The van der Waals surface area contributed by atoms with Crippen LogP contribution in [0.4, 0.5) is 4.39 Å². The lowest BCUT2D eigenvalue weighted by molar-refractivity contribution is -0.129. The van der Waals surface area contributed by atoms with Gasteiger partial charge in [0.2, 0.25) is 15.9 Å². The van der Waals surface area contributed by atoms with Gasteiger partial charge < -0.3 is 9.64 Å². The molecule has 156 valence electrons. The van der Waals surface area contributed by atoms with Gasteiger partial charge in [-0.15, -0.1) is 11.8 Å². The van der Waals surface area contributed by atoms with Crippen molar-refractivity contribution < 1.29 is 22.3 Å². The minimum Gasteiger partial charge on any atom is -0.494 e. The van der Waals surface area contributed by atoms with Crippen molar-refractivity contribution in [1.82, 2.24) is 9.21 Å². The molecular weight excluding hydrogens is 415 g/mol. The molecule has 0 saturated carbocycles. The second-order valence-corrected chi connectivity index (χ2v) is 9.36. The Morgan fingerprint density at radius 3 is 2.34 bits per heavy atom. The number of halogens is 1. The maximum absolute atomic E-state index is 13.9. The fourth-order valence-electron chi connectivity index (χ4n) is 3.01. The van der Waals surface area contributed by atoms with E-state index in [1.807, 2.05) is 31.2 Å². The highest BCUT2D eigenvalue weighted by atomic mass is 32.2. The number of amides is 1. The number of benzene rings is 2. The molecule has 0 unspecified atom stereocenters. The number of rotatable bonds is 7. The SMILES string of the molecule is CCOc1ccc(SCC(=O)N2CCN(S(=O)(=O)c3ccccc3F)CC2)cc1. The third kappa shape index (κ3) is 5.29. The summed E-state index contributed by atoms with van der Waals surface area (Å²) in [4.78, 5) is 14.8. The number of thioether (sulfide) groups is 1. The molecule has 2 aromatic rings. The third-order valence-electron chi connectivity index (χ3n) is 4.54. The number of sulfonamides is 1. The van der Waals surface area contributed by atoms with Crippen molar-refractivity contribution in [3.05, 3.63) is 54.3 Å². The van der Waals surface area contributed by atoms with Crippen molar-refractivity contribution in [1.29, 1.82) is 0 Å². The normalized spacial score (nSPS) is 15.3. The summed E-state index contributed by atoms with van der Waals surface area (Å²) in [5.74, 6) is 0.244. The van der Waals surface area contributed by atoms with Crippen LogP contribution < -0.4 is 4.74 Å². The van der Waals surface area contributed by atoms with Gasteiger partial charge in [-0.3, -0.25) is 4.79 Å². The Morgan fingerprint density at radius 1 is 1.07 bits per heavy atom. The van der Waals surface area contributed by atoms with Crippen molar-refractivity contribution in [2.75, 3.05) is 38.5 Å². The molecule has 3 rings (SSSR count). The van der Waals surface area contributed by atoms with Crippen LogP contribution in [0, 0.1) is 5.82 Å². The Morgan fingerprint density at radius 2 is 1.72 bits per heavy atom. The van der Waals surface area contributed by atoms with Crippen molar-refractivity contribution >= 4 is 27.7 Å².